The maximum Gasteiger partial charge on any atom is 0.237 e. The van der Waals surface area contributed by atoms with E-state index in [2.05, 4.69) is 5.32 Å². The van der Waals surface area contributed by atoms with Gasteiger partial charge < -0.3 is 11.1 Å². The Kier molecular flexibility index (Phi) is 5.09. The van der Waals surface area contributed by atoms with E-state index in [9.17, 15) is 9.18 Å². The number of nitrogen functional groups attached to an aromatic ring is 1. The minimum Gasteiger partial charge on any atom is -0.397 e. The summed E-state index contributed by atoms with van der Waals surface area (Å²) in [6, 6.07) is 11.2. The Labute approximate surface area is 131 Å². The average molecular weight is 325 g/mol. The Bertz CT molecular complexity index is 666. The van der Waals surface area contributed by atoms with E-state index < -0.39 is 5.25 Å². The van der Waals surface area contributed by atoms with Gasteiger partial charge in [-0.15, -0.1) is 11.8 Å². The Balaban J connectivity index is 2.04. The lowest BCUT2D eigenvalue weighted by molar-refractivity contribution is -0.115. The first-order chi connectivity index (χ1) is 9.97. The molecule has 0 aliphatic heterocycles. The van der Waals surface area contributed by atoms with E-state index in [-0.39, 0.29) is 11.7 Å². The molecule has 0 bridgehead atoms. The molecule has 2 aromatic rings. The van der Waals surface area contributed by atoms with Gasteiger partial charge in [0, 0.05) is 9.92 Å². The number of thioether (sulfide) groups is 1. The molecule has 0 saturated heterocycles. The molecule has 0 aliphatic rings. The lowest BCUT2D eigenvalue weighted by Crippen LogP contribution is -2.23. The fourth-order valence-corrected chi connectivity index (χ4v) is 2.73. The molecule has 0 fully saturated rings. The Hall–Kier alpha value is -1.72. The molecule has 0 aliphatic carbocycles. The van der Waals surface area contributed by atoms with Crippen LogP contribution in [0, 0.1) is 5.82 Å². The van der Waals surface area contributed by atoms with Gasteiger partial charge in [-0.3, -0.25) is 4.79 Å². The van der Waals surface area contributed by atoms with Gasteiger partial charge in [-0.25, -0.2) is 4.39 Å². The number of nitrogens with two attached hydrogens (primary N) is 1. The summed E-state index contributed by atoms with van der Waals surface area (Å²) < 4.78 is 13.6. The van der Waals surface area contributed by atoms with E-state index in [0.29, 0.717) is 21.3 Å². The third kappa shape index (κ3) is 4.12. The summed E-state index contributed by atoms with van der Waals surface area (Å²) in [4.78, 5) is 12.6. The zero-order valence-corrected chi connectivity index (χ0v) is 12.8. The largest absolute Gasteiger partial charge is 0.397 e. The normalized spacial score (nSPS) is 12.0. The number of amides is 1. The fourth-order valence-electron chi connectivity index (χ4n) is 1.67. The van der Waals surface area contributed by atoms with Crippen molar-refractivity contribution >= 4 is 40.6 Å². The molecule has 0 spiro atoms. The molecule has 2 aromatic carbocycles. The van der Waals surface area contributed by atoms with Crippen molar-refractivity contribution in [1.29, 1.82) is 0 Å². The Morgan fingerprint density at radius 2 is 2.05 bits per heavy atom. The van der Waals surface area contributed by atoms with Crippen molar-refractivity contribution < 1.29 is 9.18 Å². The first-order valence-corrected chi connectivity index (χ1v) is 7.50. The van der Waals surface area contributed by atoms with Gasteiger partial charge in [-0.2, -0.15) is 0 Å². The second-order valence-corrected chi connectivity index (χ2v) is 6.23. The van der Waals surface area contributed by atoms with Gasteiger partial charge in [0.25, 0.3) is 0 Å². The van der Waals surface area contributed by atoms with E-state index in [1.165, 1.54) is 6.07 Å². The number of carbonyl (C=O) groups excluding carboxylic acids is 1. The van der Waals surface area contributed by atoms with Gasteiger partial charge in [0.05, 0.1) is 16.6 Å². The summed E-state index contributed by atoms with van der Waals surface area (Å²) in [6.45, 7) is 1.71. The summed E-state index contributed by atoms with van der Waals surface area (Å²) in [7, 11) is 0. The highest BCUT2D eigenvalue weighted by Gasteiger charge is 2.17. The highest BCUT2D eigenvalue weighted by atomic mass is 35.5. The van der Waals surface area contributed by atoms with Crippen molar-refractivity contribution in [2.45, 2.75) is 17.1 Å². The van der Waals surface area contributed by atoms with Crippen molar-refractivity contribution in [3.8, 4) is 0 Å². The summed E-state index contributed by atoms with van der Waals surface area (Å²) in [6.07, 6.45) is 0. The molecule has 1 unspecified atom stereocenters. The summed E-state index contributed by atoms with van der Waals surface area (Å²) >= 11 is 6.95. The standard InChI is InChI=1S/C15H14ClFN2OS/c1-9(21-14-5-3-2-4-11(14)17)15(20)19-13-7-6-10(16)8-12(13)18/h2-9H,18H2,1H3,(H,19,20). The topological polar surface area (TPSA) is 55.1 Å². The number of halogens is 2. The molecule has 6 heteroatoms. The first-order valence-electron chi connectivity index (χ1n) is 6.24. The lowest BCUT2D eigenvalue weighted by atomic mass is 10.2. The van der Waals surface area contributed by atoms with Crippen LogP contribution in [0.1, 0.15) is 6.92 Å². The fraction of sp³-hybridized carbons (Fsp3) is 0.133. The van der Waals surface area contributed by atoms with Crippen LogP contribution in [-0.2, 0) is 4.79 Å². The molecular weight excluding hydrogens is 311 g/mol. The van der Waals surface area contributed by atoms with Crippen LogP contribution < -0.4 is 11.1 Å². The number of hydrogen-bond acceptors (Lipinski definition) is 3. The van der Waals surface area contributed by atoms with Gasteiger partial charge in [0.2, 0.25) is 5.91 Å². The van der Waals surface area contributed by atoms with Gasteiger partial charge in [-0.05, 0) is 37.3 Å². The summed E-state index contributed by atoms with van der Waals surface area (Å²) in [5.41, 5.74) is 6.66. The SMILES string of the molecule is CC(Sc1ccccc1F)C(=O)Nc1ccc(Cl)cc1N. The van der Waals surface area contributed by atoms with E-state index in [1.807, 2.05) is 0 Å². The molecule has 0 radical (unpaired) electrons. The molecule has 110 valence electrons. The molecule has 2 rings (SSSR count). The van der Waals surface area contributed by atoms with Crippen molar-refractivity contribution in [2.24, 2.45) is 0 Å². The van der Waals surface area contributed by atoms with Crippen molar-refractivity contribution in [3.05, 3.63) is 53.3 Å². The molecule has 1 atom stereocenters. The van der Waals surface area contributed by atoms with Crippen LogP contribution in [0.5, 0.6) is 0 Å². The summed E-state index contributed by atoms with van der Waals surface area (Å²) in [5.74, 6) is -0.592. The maximum atomic E-state index is 13.6. The number of anilines is 2. The number of hydrogen-bond donors (Lipinski definition) is 2. The van der Waals surface area contributed by atoms with E-state index >= 15 is 0 Å². The molecule has 3 nitrogen and oxygen atoms in total. The molecule has 3 N–H and O–H groups in total. The molecular formula is C15H14ClFN2OS. The lowest BCUT2D eigenvalue weighted by Gasteiger charge is -2.13. The second-order valence-electron chi connectivity index (χ2n) is 4.41. The highest BCUT2D eigenvalue weighted by Crippen LogP contribution is 2.28. The van der Waals surface area contributed by atoms with Crippen LogP contribution in [0.25, 0.3) is 0 Å². The average Bonchev–Trinajstić information content (AvgIpc) is 2.44. The number of carbonyl (C=O) groups is 1. The third-order valence-electron chi connectivity index (χ3n) is 2.78. The number of benzene rings is 2. The van der Waals surface area contributed by atoms with Crippen LogP contribution in [0.4, 0.5) is 15.8 Å². The molecule has 21 heavy (non-hydrogen) atoms. The van der Waals surface area contributed by atoms with Crippen LogP contribution in [0.3, 0.4) is 0 Å². The van der Waals surface area contributed by atoms with E-state index in [0.717, 1.165) is 11.8 Å². The zero-order valence-electron chi connectivity index (χ0n) is 11.3. The Morgan fingerprint density at radius 3 is 2.71 bits per heavy atom. The van der Waals surface area contributed by atoms with Gasteiger partial charge >= 0.3 is 0 Å². The monoisotopic (exact) mass is 324 g/mol. The van der Waals surface area contributed by atoms with E-state index in [1.54, 1.807) is 43.3 Å². The van der Waals surface area contributed by atoms with Crippen LogP contribution in [0.15, 0.2) is 47.4 Å². The van der Waals surface area contributed by atoms with Crippen molar-refractivity contribution in [1.82, 2.24) is 0 Å². The molecule has 0 heterocycles. The van der Waals surface area contributed by atoms with Gasteiger partial charge in [-0.1, -0.05) is 23.7 Å². The smallest absolute Gasteiger partial charge is 0.237 e. The molecule has 0 saturated carbocycles. The molecule has 0 aromatic heterocycles. The zero-order chi connectivity index (χ0) is 15.4. The minimum absolute atomic E-state index is 0.253. The Morgan fingerprint density at radius 1 is 1.33 bits per heavy atom. The second kappa shape index (κ2) is 6.83. The van der Waals surface area contributed by atoms with Crippen molar-refractivity contribution in [3.63, 3.8) is 0 Å². The third-order valence-corrected chi connectivity index (χ3v) is 4.17. The molecule has 1 amide bonds. The quantitative estimate of drug-likeness (QED) is 0.655. The number of rotatable bonds is 4. The van der Waals surface area contributed by atoms with Crippen LogP contribution >= 0.6 is 23.4 Å². The summed E-state index contributed by atoms with van der Waals surface area (Å²) in [5, 5.41) is 2.75. The van der Waals surface area contributed by atoms with Gasteiger partial charge in [0.15, 0.2) is 0 Å². The minimum atomic E-state index is -0.461. The van der Waals surface area contributed by atoms with Crippen LogP contribution in [0.2, 0.25) is 5.02 Å². The maximum absolute atomic E-state index is 13.6. The predicted molar refractivity (Wildman–Crippen MR) is 86.2 cm³/mol. The number of nitrogens with one attached hydrogen (secondary N) is 1. The van der Waals surface area contributed by atoms with E-state index in [4.69, 9.17) is 17.3 Å². The predicted octanol–water partition coefficient (Wildman–Crippen LogP) is 4.18. The highest BCUT2D eigenvalue weighted by molar-refractivity contribution is 8.00. The first kappa shape index (κ1) is 15.7. The van der Waals surface area contributed by atoms with Crippen molar-refractivity contribution in [2.75, 3.05) is 11.1 Å². The van der Waals surface area contributed by atoms with Crippen LogP contribution in [-0.4, -0.2) is 11.2 Å². The van der Waals surface area contributed by atoms with Gasteiger partial charge in [0.1, 0.15) is 5.82 Å².